The summed E-state index contributed by atoms with van der Waals surface area (Å²) in [5.74, 6) is -0.225. The Morgan fingerprint density at radius 1 is 1.33 bits per heavy atom. The van der Waals surface area contributed by atoms with E-state index in [1.165, 1.54) is 6.42 Å². The summed E-state index contributed by atoms with van der Waals surface area (Å²) in [4.78, 5) is 11.8. The van der Waals surface area contributed by atoms with E-state index in [1.54, 1.807) is 24.3 Å². The van der Waals surface area contributed by atoms with Crippen LogP contribution in [-0.2, 0) is 20.6 Å². The summed E-state index contributed by atoms with van der Waals surface area (Å²) in [7, 11) is -3.53. The Kier molecular flexibility index (Phi) is 5.33. The highest BCUT2D eigenvalue weighted by Gasteiger charge is 2.15. The average molecular weight is 311 g/mol. The fraction of sp³-hybridized carbons (Fsp3) is 0.500. The largest absolute Gasteiger partial charge is 0.326 e. The zero-order chi connectivity index (χ0) is 15.3. The quantitative estimate of drug-likeness (QED) is 0.728. The Hall–Kier alpha value is -1.44. The van der Waals surface area contributed by atoms with E-state index < -0.39 is 10.0 Å². The smallest absolute Gasteiger partial charge is 0.224 e. The number of nitrogens with one attached hydrogen (secondary N) is 2. The molecule has 1 aromatic carbocycles. The maximum absolute atomic E-state index is 11.8. The monoisotopic (exact) mass is 311 g/mol. The fourth-order valence-electron chi connectivity index (χ4n) is 2.45. The summed E-state index contributed by atoms with van der Waals surface area (Å²) in [5.41, 5.74) is 1.27. The number of primary sulfonamides is 1. The van der Waals surface area contributed by atoms with Gasteiger partial charge in [0.05, 0.1) is 5.75 Å². The first-order chi connectivity index (χ1) is 9.92. The van der Waals surface area contributed by atoms with Gasteiger partial charge < -0.3 is 10.6 Å². The number of nitrogens with two attached hydrogens (primary N) is 1. The molecule has 0 saturated carbocycles. The van der Waals surface area contributed by atoms with E-state index in [2.05, 4.69) is 10.6 Å². The molecule has 1 fully saturated rings. The molecule has 116 valence electrons. The summed E-state index contributed by atoms with van der Waals surface area (Å²) in [5, 5.41) is 11.1. The van der Waals surface area contributed by atoms with Gasteiger partial charge in [-0.3, -0.25) is 4.79 Å². The molecule has 1 amide bonds. The molecule has 0 aromatic heterocycles. The van der Waals surface area contributed by atoms with Crippen LogP contribution in [0, 0.1) is 0 Å². The molecule has 1 heterocycles. The maximum atomic E-state index is 11.8. The molecule has 1 atom stereocenters. The lowest BCUT2D eigenvalue weighted by Gasteiger charge is -2.10. The van der Waals surface area contributed by atoms with Gasteiger partial charge >= 0.3 is 0 Å². The highest BCUT2D eigenvalue weighted by atomic mass is 32.2. The van der Waals surface area contributed by atoms with E-state index in [0.717, 1.165) is 19.4 Å². The summed E-state index contributed by atoms with van der Waals surface area (Å²) in [6, 6.07) is 7.13. The van der Waals surface area contributed by atoms with E-state index in [1.807, 2.05) is 0 Å². The van der Waals surface area contributed by atoms with Crippen LogP contribution in [0.15, 0.2) is 24.3 Å². The minimum absolute atomic E-state index is 0.0251. The maximum Gasteiger partial charge on any atom is 0.224 e. The van der Waals surface area contributed by atoms with Crippen LogP contribution in [0.5, 0.6) is 0 Å². The second-order valence-corrected chi connectivity index (χ2v) is 7.00. The minimum Gasteiger partial charge on any atom is -0.326 e. The molecule has 1 aliphatic rings. The first kappa shape index (κ1) is 15.9. The molecule has 1 aliphatic heterocycles. The summed E-state index contributed by atoms with van der Waals surface area (Å²) in [6.45, 7) is 1.04. The molecule has 6 nitrogen and oxygen atoms in total. The van der Waals surface area contributed by atoms with Gasteiger partial charge in [-0.25, -0.2) is 13.6 Å². The van der Waals surface area contributed by atoms with Crippen molar-refractivity contribution in [2.45, 2.75) is 37.5 Å². The van der Waals surface area contributed by atoms with E-state index in [0.29, 0.717) is 23.7 Å². The van der Waals surface area contributed by atoms with Crippen LogP contribution < -0.4 is 15.8 Å². The van der Waals surface area contributed by atoms with Crippen LogP contribution in [-0.4, -0.2) is 26.9 Å². The molecule has 1 aromatic rings. The molecule has 0 aliphatic carbocycles. The van der Waals surface area contributed by atoms with Crippen molar-refractivity contribution < 1.29 is 13.2 Å². The number of benzene rings is 1. The third-order valence-corrected chi connectivity index (χ3v) is 4.22. The Bertz CT molecular complexity index is 578. The van der Waals surface area contributed by atoms with E-state index >= 15 is 0 Å². The van der Waals surface area contributed by atoms with Crippen LogP contribution in [0.25, 0.3) is 0 Å². The lowest BCUT2D eigenvalue weighted by Crippen LogP contribution is -2.23. The number of carbonyl (C=O) groups is 1. The second kappa shape index (κ2) is 7.02. The minimum atomic E-state index is -3.53. The Balaban J connectivity index is 1.80. The molecule has 1 unspecified atom stereocenters. The Labute approximate surface area is 125 Å². The zero-order valence-electron chi connectivity index (χ0n) is 11.8. The standard InChI is InChI=1S/C14H21N3O3S/c15-21(19,20)10-11-3-5-13(6-4-11)17-14(18)8-7-12-2-1-9-16-12/h3-6,12,16H,1-2,7-10H2,(H,17,18)(H2,15,19,20). The predicted octanol–water partition coefficient (Wildman–Crippen LogP) is 0.946. The normalized spacial score (nSPS) is 18.6. The second-order valence-electron chi connectivity index (χ2n) is 5.38. The van der Waals surface area contributed by atoms with Crippen molar-refractivity contribution in [2.75, 3.05) is 11.9 Å². The zero-order valence-corrected chi connectivity index (χ0v) is 12.7. The van der Waals surface area contributed by atoms with Gasteiger partial charge in [-0.2, -0.15) is 0 Å². The van der Waals surface area contributed by atoms with Crippen molar-refractivity contribution in [1.29, 1.82) is 0 Å². The van der Waals surface area contributed by atoms with Crippen molar-refractivity contribution in [3.63, 3.8) is 0 Å². The molecule has 0 radical (unpaired) electrons. The van der Waals surface area contributed by atoms with Crippen molar-refractivity contribution in [3.8, 4) is 0 Å². The SMILES string of the molecule is NS(=O)(=O)Cc1ccc(NC(=O)CCC2CCCN2)cc1. The van der Waals surface area contributed by atoms with Gasteiger partial charge in [0.2, 0.25) is 15.9 Å². The molecule has 0 bridgehead atoms. The lowest BCUT2D eigenvalue weighted by molar-refractivity contribution is -0.116. The number of hydrogen-bond acceptors (Lipinski definition) is 4. The number of rotatable bonds is 6. The molecule has 2 rings (SSSR count). The van der Waals surface area contributed by atoms with Crippen molar-refractivity contribution in [3.05, 3.63) is 29.8 Å². The van der Waals surface area contributed by atoms with Crippen LogP contribution in [0.4, 0.5) is 5.69 Å². The van der Waals surface area contributed by atoms with Gasteiger partial charge in [-0.05, 0) is 43.5 Å². The molecule has 4 N–H and O–H groups in total. The third-order valence-electron chi connectivity index (χ3n) is 3.49. The van der Waals surface area contributed by atoms with Gasteiger partial charge in [0.1, 0.15) is 0 Å². The molecule has 0 spiro atoms. The average Bonchev–Trinajstić information content (AvgIpc) is 2.90. The number of hydrogen-bond donors (Lipinski definition) is 3. The summed E-state index contributed by atoms with van der Waals surface area (Å²) >= 11 is 0. The van der Waals surface area contributed by atoms with Gasteiger partial charge in [-0.1, -0.05) is 12.1 Å². The van der Waals surface area contributed by atoms with Crippen LogP contribution >= 0.6 is 0 Å². The van der Waals surface area contributed by atoms with E-state index in [4.69, 9.17) is 5.14 Å². The predicted molar refractivity (Wildman–Crippen MR) is 82.1 cm³/mol. The van der Waals surface area contributed by atoms with Crippen molar-refractivity contribution in [2.24, 2.45) is 5.14 Å². The molecular formula is C14H21N3O3S. The Morgan fingerprint density at radius 2 is 2.05 bits per heavy atom. The van der Waals surface area contributed by atoms with Gasteiger partial charge in [0.15, 0.2) is 0 Å². The molecule has 7 heteroatoms. The van der Waals surface area contributed by atoms with Crippen LogP contribution in [0.3, 0.4) is 0 Å². The lowest BCUT2D eigenvalue weighted by atomic mass is 10.1. The van der Waals surface area contributed by atoms with Crippen LogP contribution in [0.2, 0.25) is 0 Å². The van der Waals surface area contributed by atoms with Gasteiger partial charge in [-0.15, -0.1) is 0 Å². The number of amides is 1. The summed E-state index contributed by atoms with van der Waals surface area (Å²) in [6.07, 6.45) is 3.64. The van der Waals surface area contributed by atoms with Gasteiger partial charge in [0.25, 0.3) is 0 Å². The highest BCUT2D eigenvalue weighted by molar-refractivity contribution is 7.88. The Morgan fingerprint density at radius 3 is 2.62 bits per heavy atom. The highest BCUT2D eigenvalue weighted by Crippen LogP contribution is 2.14. The van der Waals surface area contributed by atoms with Crippen LogP contribution in [0.1, 0.15) is 31.2 Å². The number of anilines is 1. The molecule has 1 saturated heterocycles. The van der Waals surface area contributed by atoms with Gasteiger partial charge in [0, 0.05) is 18.2 Å². The molecule has 21 heavy (non-hydrogen) atoms. The number of carbonyl (C=O) groups excluding carboxylic acids is 1. The first-order valence-corrected chi connectivity index (χ1v) is 8.76. The fourth-order valence-corrected chi connectivity index (χ4v) is 3.11. The van der Waals surface area contributed by atoms with E-state index in [-0.39, 0.29) is 11.7 Å². The third kappa shape index (κ3) is 5.82. The number of sulfonamides is 1. The van der Waals surface area contributed by atoms with Crippen molar-refractivity contribution in [1.82, 2.24) is 5.32 Å². The topological polar surface area (TPSA) is 101 Å². The first-order valence-electron chi connectivity index (χ1n) is 7.05. The summed E-state index contributed by atoms with van der Waals surface area (Å²) < 4.78 is 22.0. The van der Waals surface area contributed by atoms with E-state index in [9.17, 15) is 13.2 Å². The van der Waals surface area contributed by atoms with Crippen molar-refractivity contribution >= 4 is 21.6 Å². The molecular weight excluding hydrogens is 290 g/mol.